The summed E-state index contributed by atoms with van der Waals surface area (Å²) in [5, 5.41) is 13.2. The van der Waals surface area contributed by atoms with Gasteiger partial charge in [-0.3, -0.25) is 0 Å². The summed E-state index contributed by atoms with van der Waals surface area (Å²) in [6.45, 7) is 1.19. The van der Waals surface area contributed by atoms with Crippen LogP contribution in [0, 0.1) is 0 Å². The van der Waals surface area contributed by atoms with Gasteiger partial charge in [-0.05, 0) is 24.7 Å². The van der Waals surface area contributed by atoms with E-state index in [1.54, 1.807) is 0 Å². The van der Waals surface area contributed by atoms with Crippen molar-refractivity contribution in [3.05, 3.63) is 39.9 Å². The number of hydrogen-bond acceptors (Lipinski definition) is 5. The third kappa shape index (κ3) is 3.66. The second-order valence-electron chi connectivity index (χ2n) is 3.41. The molecule has 1 aromatic heterocycles. The van der Waals surface area contributed by atoms with Crippen LogP contribution in [0.1, 0.15) is 10.6 Å². The van der Waals surface area contributed by atoms with Gasteiger partial charge in [0.15, 0.2) is 0 Å². The Balaban J connectivity index is 1.90. The first-order valence-electron chi connectivity index (χ1n) is 5.12. The van der Waals surface area contributed by atoms with Gasteiger partial charge in [0.1, 0.15) is 11.6 Å². The summed E-state index contributed by atoms with van der Waals surface area (Å²) in [7, 11) is 1.87. The molecule has 17 heavy (non-hydrogen) atoms. The molecule has 2 aromatic rings. The standard InChI is InChI=1S/C11H12ClN3OS/c1-13-6-10-14-15-11(17-10)16-7-8-2-4-9(12)5-3-8/h2-5,13H,6-7H2,1H3. The van der Waals surface area contributed by atoms with Crippen molar-refractivity contribution in [1.82, 2.24) is 15.5 Å². The summed E-state index contributed by atoms with van der Waals surface area (Å²) in [5.74, 6) is 0. The van der Waals surface area contributed by atoms with E-state index in [0.29, 0.717) is 18.3 Å². The minimum Gasteiger partial charge on any atom is -0.464 e. The van der Waals surface area contributed by atoms with Crippen molar-refractivity contribution in [2.75, 3.05) is 7.05 Å². The average Bonchev–Trinajstić information content (AvgIpc) is 2.77. The molecule has 2 rings (SSSR count). The van der Waals surface area contributed by atoms with Gasteiger partial charge in [-0.25, -0.2) is 0 Å². The van der Waals surface area contributed by atoms with Crippen molar-refractivity contribution in [2.45, 2.75) is 13.2 Å². The van der Waals surface area contributed by atoms with E-state index < -0.39 is 0 Å². The molecule has 0 unspecified atom stereocenters. The van der Waals surface area contributed by atoms with Crippen LogP contribution in [0.4, 0.5) is 0 Å². The Morgan fingerprint density at radius 1 is 1.29 bits per heavy atom. The monoisotopic (exact) mass is 269 g/mol. The zero-order valence-corrected chi connectivity index (χ0v) is 10.9. The molecule has 0 aliphatic heterocycles. The van der Waals surface area contributed by atoms with Crippen LogP contribution in [-0.4, -0.2) is 17.2 Å². The Bertz CT molecular complexity index is 472. The SMILES string of the molecule is CNCc1nnc(OCc2ccc(Cl)cc2)s1. The molecule has 0 spiro atoms. The maximum absolute atomic E-state index is 5.80. The van der Waals surface area contributed by atoms with Crippen LogP contribution < -0.4 is 10.1 Å². The lowest BCUT2D eigenvalue weighted by atomic mass is 10.2. The van der Waals surface area contributed by atoms with Crippen LogP contribution in [0.2, 0.25) is 5.02 Å². The molecule has 90 valence electrons. The van der Waals surface area contributed by atoms with Gasteiger partial charge in [0.25, 0.3) is 5.19 Å². The Kier molecular flexibility index (Phi) is 4.30. The molecular formula is C11H12ClN3OS. The van der Waals surface area contributed by atoms with Gasteiger partial charge in [0, 0.05) is 11.6 Å². The van der Waals surface area contributed by atoms with Crippen molar-refractivity contribution in [1.29, 1.82) is 0 Å². The minimum atomic E-state index is 0.478. The van der Waals surface area contributed by atoms with E-state index in [-0.39, 0.29) is 0 Å². The summed E-state index contributed by atoms with van der Waals surface area (Å²) in [5.41, 5.74) is 1.06. The number of halogens is 1. The number of aromatic nitrogens is 2. The normalized spacial score (nSPS) is 10.5. The van der Waals surface area contributed by atoms with E-state index in [2.05, 4.69) is 15.5 Å². The highest BCUT2D eigenvalue weighted by Crippen LogP contribution is 2.19. The van der Waals surface area contributed by atoms with Crippen LogP contribution in [0.5, 0.6) is 5.19 Å². The minimum absolute atomic E-state index is 0.478. The van der Waals surface area contributed by atoms with Crippen molar-refractivity contribution >= 4 is 22.9 Å². The number of benzene rings is 1. The number of ether oxygens (including phenoxy) is 1. The van der Waals surface area contributed by atoms with Gasteiger partial charge >= 0.3 is 0 Å². The topological polar surface area (TPSA) is 47.0 Å². The molecule has 1 heterocycles. The summed E-state index contributed by atoms with van der Waals surface area (Å²) in [6, 6.07) is 7.54. The van der Waals surface area contributed by atoms with Gasteiger partial charge in [-0.15, -0.1) is 5.10 Å². The molecule has 6 heteroatoms. The molecule has 0 atom stereocenters. The summed E-state index contributed by atoms with van der Waals surface area (Å²) < 4.78 is 5.53. The third-order valence-corrected chi connectivity index (χ3v) is 3.14. The predicted molar refractivity (Wildman–Crippen MR) is 68.5 cm³/mol. The maximum Gasteiger partial charge on any atom is 0.294 e. The van der Waals surface area contributed by atoms with Crippen molar-refractivity contribution < 1.29 is 4.74 Å². The van der Waals surface area contributed by atoms with E-state index in [4.69, 9.17) is 16.3 Å². The zero-order valence-electron chi connectivity index (χ0n) is 9.31. The molecule has 0 bridgehead atoms. The van der Waals surface area contributed by atoms with Crippen LogP contribution >= 0.6 is 22.9 Å². The molecule has 1 aromatic carbocycles. The van der Waals surface area contributed by atoms with Crippen molar-refractivity contribution in [3.63, 3.8) is 0 Å². The molecule has 4 nitrogen and oxygen atoms in total. The molecule has 0 radical (unpaired) electrons. The van der Waals surface area contributed by atoms with E-state index >= 15 is 0 Å². The molecule has 0 saturated heterocycles. The van der Waals surface area contributed by atoms with Crippen LogP contribution in [0.25, 0.3) is 0 Å². The first kappa shape index (κ1) is 12.3. The lowest BCUT2D eigenvalue weighted by Gasteiger charge is -2.01. The summed E-state index contributed by atoms with van der Waals surface area (Å²) in [6.07, 6.45) is 0. The third-order valence-electron chi connectivity index (χ3n) is 2.05. The lowest BCUT2D eigenvalue weighted by Crippen LogP contribution is -2.04. The van der Waals surface area contributed by atoms with E-state index in [1.807, 2.05) is 31.3 Å². The first-order chi connectivity index (χ1) is 8.28. The maximum atomic E-state index is 5.80. The molecule has 0 aliphatic carbocycles. The van der Waals surface area contributed by atoms with Gasteiger partial charge in [-0.2, -0.15) is 0 Å². The molecule has 0 saturated carbocycles. The Labute approximate surface area is 109 Å². The number of rotatable bonds is 5. The van der Waals surface area contributed by atoms with E-state index in [9.17, 15) is 0 Å². The van der Waals surface area contributed by atoms with E-state index in [1.165, 1.54) is 11.3 Å². The second kappa shape index (κ2) is 5.95. The number of hydrogen-bond donors (Lipinski definition) is 1. The quantitative estimate of drug-likeness (QED) is 0.906. The van der Waals surface area contributed by atoms with Gasteiger partial charge < -0.3 is 10.1 Å². The van der Waals surface area contributed by atoms with Crippen LogP contribution in [0.15, 0.2) is 24.3 Å². The largest absolute Gasteiger partial charge is 0.464 e. The van der Waals surface area contributed by atoms with E-state index in [0.717, 1.165) is 15.6 Å². The summed E-state index contributed by atoms with van der Waals surface area (Å²) >= 11 is 7.25. The molecule has 0 fully saturated rings. The number of nitrogens with zero attached hydrogens (tertiary/aromatic N) is 2. The van der Waals surface area contributed by atoms with Gasteiger partial charge in [-0.1, -0.05) is 40.2 Å². The Morgan fingerprint density at radius 3 is 2.76 bits per heavy atom. The van der Waals surface area contributed by atoms with Gasteiger partial charge in [0.05, 0.1) is 0 Å². The zero-order chi connectivity index (χ0) is 12.1. The lowest BCUT2D eigenvalue weighted by molar-refractivity contribution is 0.302. The highest BCUT2D eigenvalue weighted by Gasteiger charge is 2.04. The Morgan fingerprint density at radius 2 is 2.06 bits per heavy atom. The molecule has 1 N–H and O–H groups in total. The fourth-order valence-electron chi connectivity index (χ4n) is 1.24. The van der Waals surface area contributed by atoms with Crippen molar-refractivity contribution in [3.8, 4) is 5.19 Å². The fraction of sp³-hybridized carbons (Fsp3) is 0.273. The van der Waals surface area contributed by atoms with Crippen LogP contribution in [0.3, 0.4) is 0 Å². The second-order valence-corrected chi connectivity index (χ2v) is 4.87. The Hall–Kier alpha value is -1.17. The highest BCUT2D eigenvalue weighted by atomic mass is 35.5. The van der Waals surface area contributed by atoms with Gasteiger partial charge in [0.2, 0.25) is 0 Å². The smallest absolute Gasteiger partial charge is 0.294 e. The summed E-state index contributed by atoms with van der Waals surface area (Å²) in [4.78, 5) is 0. The number of nitrogens with one attached hydrogen (secondary N) is 1. The van der Waals surface area contributed by atoms with Crippen LogP contribution in [-0.2, 0) is 13.2 Å². The molecule has 0 aliphatic rings. The first-order valence-corrected chi connectivity index (χ1v) is 6.31. The highest BCUT2D eigenvalue weighted by molar-refractivity contribution is 7.13. The predicted octanol–water partition coefficient (Wildman–Crippen LogP) is 2.49. The molecular weight excluding hydrogens is 258 g/mol. The average molecular weight is 270 g/mol. The van der Waals surface area contributed by atoms with Crippen molar-refractivity contribution in [2.24, 2.45) is 0 Å². The fourth-order valence-corrected chi connectivity index (χ4v) is 2.07. The molecule has 0 amide bonds.